The van der Waals surface area contributed by atoms with Crippen molar-refractivity contribution in [3.05, 3.63) is 0 Å². The van der Waals surface area contributed by atoms with Crippen LogP contribution in [0.15, 0.2) is 0 Å². The number of aliphatic hydroxyl groups is 1. The summed E-state index contributed by atoms with van der Waals surface area (Å²) < 4.78 is 11.7. The molecule has 0 bridgehead atoms. The van der Waals surface area contributed by atoms with E-state index in [1.807, 2.05) is 53.3 Å². The van der Waals surface area contributed by atoms with Crippen molar-refractivity contribution in [2.45, 2.75) is 0 Å². The van der Waals surface area contributed by atoms with Gasteiger partial charge in [0, 0.05) is 75.2 Å². The standard InChI is InChI=1S/C19H36O4S13/c1-24-6-7-36(23)17-33-15-31-13-30-14-32-16-35-19(22)9-27-11-29-12-28-10-26-8-18(21)34-5-4-25-3-2-20/h20H,2-17H2,1H3. The minimum absolute atomic E-state index is 0.201. The molecule has 0 spiro atoms. The van der Waals surface area contributed by atoms with Gasteiger partial charge in [-0.1, -0.05) is 23.5 Å². The zero-order chi connectivity index (χ0) is 26.5. The van der Waals surface area contributed by atoms with Crippen molar-refractivity contribution in [3.63, 3.8) is 0 Å². The molecule has 0 aromatic rings. The Hall–Kier alpha value is 3.65. The lowest BCUT2D eigenvalue weighted by atomic mass is 10.9. The predicted molar refractivity (Wildman–Crippen MR) is 195 cm³/mol. The molecule has 0 saturated heterocycles. The monoisotopic (exact) mass is 744 g/mol. The minimum atomic E-state index is -0.684. The second kappa shape index (κ2) is 33.2. The first-order valence-corrected chi connectivity index (χ1v) is 25.8. The van der Waals surface area contributed by atoms with Crippen molar-refractivity contribution in [1.29, 1.82) is 0 Å². The van der Waals surface area contributed by atoms with Crippen molar-refractivity contribution < 1.29 is 18.9 Å². The van der Waals surface area contributed by atoms with E-state index < -0.39 is 10.8 Å². The molecule has 0 aromatic heterocycles. The van der Waals surface area contributed by atoms with Crippen molar-refractivity contribution in [2.75, 3.05) is 93.8 Å². The fourth-order valence-corrected chi connectivity index (χ4v) is 16.9. The third kappa shape index (κ3) is 32.2. The summed E-state index contributed by atoms with van der Waals surface area (Å²) in [5, 5.41) is 16.6. The summed E-state index contributed by atoms with van der Waals surface area (Å²) in [6, 6.07) is 0. The van der Waals surface area contributed by atoms with Gasteiger partial charge in [0.25, 0.3) is 0 Å². The predicted octanol–water partition coefficient (Wildman–Crippen LogP) is 6.87. The topological polar surface area (TPSA) is 71.4 Å². The number of aliphatic hydroxyl groups excluding tert-OH is 1. The molecule has 0 heterocycles. The SMILES string of the molecule is CSCCS(=O)CSCSCSCSCSC(=O)CSCSCSCSCC(=O)SCCSCCO. The van der Waals surface area contributed by atoms with Crippen molar-refractivity contribution in [3.8, 4) is 0 Å². The molecule has 0 saturated carbocycles. The fourth-order valence-electron chi connectivity index (χ4n) is 1.71. The molecule has 1 N–H and O–H groups in total. The third-order valence-electron chi connectivity index (χ3n) is 3.20. The highest BCUT2D eigenvalue weighted by atomic mass is 32.3. The van der Waals surface area contributed by atoms with Crippen LogP contribution >= 0.6 is 141 Å². The van der Waals surface area contributed by atoms with E-state index in [1.54, 1.807) is 70.6 Å². The zero-order valence-electron chi connectivity index (χ0n) is 20.3. The molecule has 0 fully saturated rings. The molecule has 0 aliphatic rings. The van der Waals surface area contributed by atoms with Crippen molar-refractivity contribution >= 4 is 162 Å². The lowest BCUT2D eigenvalue weighted by Crippen LogP contribution is -2.02. The molecule has 0 aromatic carbocycles. The fraction of sp³-hybridized carbons (Fsp3) is 0.895. The van der Waals surface area contributed by atoms with Crippen LogP contribution in [-0.2, 0) is 20.4 Å². The molecular formula is C19H36O4S13. The van der Waals surface area contributed by atoms with Gasteiger partial charge in [0.15, 0.2) is 10.2 Å². The Kier molecular flexibility index (Phi) is 36.5. The highest BCUT2D eigenvalue weighted by Crippen LogP contribution is 2.25. The quantitative estimate of drug-likeness (QED) is 0.0669. The van der Waals surface area contributed by atoms with Gasteiger partial charge < -0.3 is 5.11 Å². The smallest absolute Gasteiger partial charge is 0.199 e. The minimum Gasteiger partial charge on any atom is -0.396 e. The van der Waals surface area contributed by atoms with Gasteiger partial charge in [-0.2, -0.15) is 23.5 Å². The van der Waals surface area contributed by atoms with Gasteiger partial charge in [0.05, 0.1) is 23.2 Å². The Morgan fingerprint density at radius 1 is 0.611 bits per heavy atom. The van der Waals surface area contributed by atoms with Gasteiger partial charge in [-0.05, 0) is 6.26 Å². The first-order chi connectivity index (χ1) is 17.6. The molecule has 1 unspecified atom stereocenters. The summed E-state index contributed by atoms with van der Waals surface area (Å²) >= 11 is 20.6. The van der Waals surface area contributed by atoms with Gasteiger partial charge in [0.1, 0.15) is 0 Å². The van der Waals surface area contributed by atoms with Crippen molar-refractivity contribution in [2.24, 2.45) is 0 Å². The Balaban J connectivity index is 3.28. The molecule has 214 valence electrons. The third-order valence-corrected chi connectivity index (χ3v) is 19.4. The van der Waals surface area contributed by atoms with Crippen LogP contribution in [-0.4, -0.2) is 113 Å². The molecule has 17 heteroatoms. The molecule has 36 heavy (non-hydrogen) atoms. The largest absolute Gasteiger partial charge is 0.396 e. The van der Waals surface area contributed by atoms with Crippen LogP contribution in [0, 0.1) is 0 Å². The Bertz CT molecular complexity index is 545. The maximum atomic E-state index is 12.0. The second-order valence-corrected chi connectivity index (χ2v) is 22.9. The normalized spacial score (nSPS) is 12.2. The van der Waals surface area contributed by atoms with Crippen LogP contribution in [0.25, 0.3) is 0 Å². The average molecular weight is 745 g/mol. The maximum Gasteiger partial charge on any atom is 0.199 e. The van der Waals surface area contributed by atoms with E-state index in [0.717, 1.165) is 69.4 Å². The number of carbonyl (C=O) groups excluding carboxylic acids is 2. The first kappa shape index (κ1) is 39.6. The number of hydrogen-bond donors (Lipinski definition) is 1. The molecule has 0 aliphatic heterocycles. The number of rotatable bonds is 28. The number of carbonyl (C=O) groups is 2. The van der Waals surface area contributed by atoms with E-state index in [1.165, 1.54) is 23.5 Å². The molecule has 4 nitrogen and oxygen atoms in total. The summed E-state index contributed by atoms with van der Waals surface area (Å²) in [6.45, 7) is 0.201. The van der Waals surface area contributed by atoms with Crippen LogP contribution in [0.5, 0.6) is 0 Å². The molecule has 0 aliphatic carbocycles. The summed E-state index contributed by atoms with van der Waals surface area (Å²) in [6.07, 6.45) is 2.05. The molecule has 1 atom stereocenters. The Morgan fingerprint density at radius 3 is 1.72 bits per heavy atom. The van der Waals surface area contributed by atoms with Crippen LogP contribution in [0.1, 0.15) is 0 Å². The van der Waals surface area contributed by atoms with Gasteiger partial charge >= 0.3 is 0 Å². The van der Waals surface area contributed by atoms with E-state index in [4.69, 9.17) is 5.11 Å². The van der Waals surface area contributed by atoms with E-state index in [0.29, 0.717) is 11.5 Å². The highest BCUT2D eigenvalue weighted by Gasteiger charge is 2.05. The first-order valence-electron chi connectivity index (χ1n) is 10.6. The Morgan fingerprint density at radius 2 is 1.14 bits per heavy atom. The van der Waals surface area contributed by atoms with Crippen LogP contribution in [0.4, 0.5) is 0 Å². The van der Waals surface area contributed by atoms with Gasteiger partial charge in [-0.3, -0.25) is 13.8 Å². The summed E-state index contributed by atoms with van der Waals surface area (Å²) in [4.78, 5) is 23.7. The Labute approximate surface area is 271 Å². The van der Waals surface area contributed by atoms with Gasteiger partial charge in [-0.25, -0.2) is 0 Å². The van der Waals surface area contributed by atoms with Gasteiger partial charge in [-0.15, -0.1) is 94.1 Å². The van der Waals surface area contributed by atoms with Crippen LogP contribution in [0.2, 0.25) is 0 Å². The zero-order valence-corrected chi connectivity index (χ0v) is 30.9. The van der Waals surface area contributed by atoms with E-state index in [9.17, 15) is 13.8 Å². The molecule has 0 rings (SSSR count). The summed E-state index contributed by atoms with van der Waals surface area (Å²) in [7, 11) is -0.684. The van der Waals surface area contributed by atoms with Crippen LogP contribution in [0.3, 0.4) is 0 Å². The summed E-state index contributed by atoms with van der Waals surface area (Å²) in [5.74, 6) is 5.38. The van der Waals surface area contributed by atoms with E-state index in [2.05, 4.69) is 0 Å². The molecule has 0 radical (unpaired) electrons. The lowest BCUT2D eigenvalue weighted by Gasteiger charge is -2.04. The van der Waals surface area contributed by atoms with E-state index in [-0.39, 0.29) is 16.8 Å². The van der Waals surface area contributed by atoms with Crippen molar-refractivity contribution in [1.82, 2.24) is 0 Å². The van der Waals surface area contributed by atoms with E-state index >= 15 is 0 Å². The number of thioether (sulfide) groups is 12. The average Bonchev–Trinajstić information content (AvgIpc) is 2.87. The number of hydrogen-bond acceptors (Lipinski definition) is 16. The maximum absolute atomic E-state index is 12.0. The lowest BCUT2D eigenvalue weighted by molar-refractivity contribution is -0.109. The second-order valence-electron chi connectivity index (χ2n) is 6.07. The summed E-state index contributed by atoms with van der Waals surface area (Å²) in [5.41, 5.74) is 0. The van der Waals surface area contributed by atoms with Gasteiger partial charge in [0.2, 0.25) is 0 Å². The molecular weight excluding hydrogens is 709 g/mol. The highest BCUT2D eigenvalue weighted by molar-refractivity contribution is 8.31. The van der Waals surface area contributed by atoms with Crippen LogP contribution < -0.4 is 0 Å². The molecule has 0 amide bonds.